The Hall–Kier alpha value is -1.66. The third-order valence-electron chi connectivity index (χ3n) is 7.98. The summed E-state index contributed by atoms with van der Waals surface area (Å²) in [5.41, 5.74) is 13.8. The molecule has 4 aliphatic rings. The van der Waals surface area contributed by atoms with Crippen molar-refractivity contribution in [3.05, 3.63) is 11.6 Å². The quantitative estimate of drug-likeness (QED) is 0.375. The van der Waals surface area contributed by atoms with Gasteiger partial charge in [-0.15, -0.1) is 0 Å². The molecule has 0 bridgehead atoms. The Morgan fingerprint density at radius 3 is 2.48 bits per heavy atom. The van der Waals surface area contributed by atoms with Gasteiger partial charge in [0.2, 0.25) is 0 Å². The van der Waals surface area contributed by atoms with E-state index in [2.05, 4.69) is 19.9 Å². The van der Waals surface area contributed by atoms with Crippen LogP contribution in [0.4, 0.5) is 0 Å². The largest absolute Gasteiger partial charge is 0.322 e. The smallest absolute Gasteiger partial charge is 0.108 e. The maximum atomic E-state index is 8.78. The minimum Gasteiger partial charge on any atom is -0.322 e. The number of rotatable bonds is 0. The molecule has 25 heavy (non-hydrogen) atoms. The van der Waals surface area contributed by atoms with Crippen LogP contribution >= 0.6 is 0 Å². The topological polar surface area (TPSA) is 147 Å². The van der Waals surface area contributed by atoms with Crippen LogP contribution in [0.5, 0.6) is 0 Å². The molecule has 134 valence electrons. The van der Waals surface area contributed by atoms with Gasteiger partial charge in [0.15, 0.2) is 0 Å². The van der Waals surface area contributed by atoms with Gasteiger partial charge in [0.25, 0.3) is 0 Å². The molecule has 4 aliphatic carbocycles. The number of fused-ring (bicyclic) bond motifs is 5. The summed E-state index contributed by atoms with van der Waals surface area (Å²) in [7, 11) is 0. The highest BCUT2D eigenvalue weighted by Gasteiger charge is 2.66. The van der Waals surface area contributed by atoms with Crippen molar-refractivity contribution in [3.8, 4) is 0 Å². The van der Waals surface area contributed by atoms with Crippen molar-refractivity contribution in [2.75, 3.05) is 0 Å². The zero-order valence-corrected chi connectivity index (χ0v) is 15.0. The first-order chi connectivity index (χ1) is 11.6. The lowest BCUT2D eigenvalue weighted by atomic mass is 9.44. The highest BCUT2D eigenvalue weighted by atomic mass is 15.0. The van der Waals surface area contributed by atoms with E-state index in [4.69, 9.17) is 33.1 Å². The van der Waals surface area contributed by atoms with Gasteiger partial charge in [-0.1, -0.05) is 25.5 Å². The second-order valence-corrected chi connectivity index (χ2v) is 8.86. The summed E-state index contributed by atoms with van der Waals surface area (Å²) in [6.07, 6.45) is 6.00. The summed E-state index contributed by atoms with van der Waals surface area (Å²) < 4.78 is 0. The highest BCUT2D eigenvalue weighted by Crippen LogP contribution is 2.62. The van der Waals surface area contributed by atoms with Crippen LogP contribution in [-0.4, -0.2) is 34.4 Å². The monoisotopic (exact) mass is 340 g/mol. The Labute approximate surface area is 148 Å². The lowest BCUT2D eigenvalue weighted by molar-refractivity contribution is 0.134. The van der Waals surface area contributed by atoms with Crippen molar-refractivity contribution in [1.29, 1.82) is 21.6 Å². The van der Waals surface area contributed by atoms with E-state index >= 15 is 0 Å². The number of hydrogen-bond acceptors (Lipinski definition) is 6. The van der Waals surface area contributed by atoms with E-state index < -0.39 is 17.0 Å². The minimum absolute atomic E-state index is 0.0239. The van der Waals surface area contributed by atoms with Crippen molar-refractivity contribution in [2.24, 2.45) is 34.1 Å². The van der Waals surface area contributed by atoms with Gasteiger partial charge in [-0.25, -0.2) is 0 Å². The number of allylic oxidation sites excluding steroid dienone is 1. The lowest BCUT2D eigenvalue weighted by Gasteiger charge is -2.61. The third kappa shape index (κ3) is 1.67. The van der Waals surface area contributed by atoms with Crippen LogP contribution in [0, 0.1) is 44.3 Å². The molecule has 0 aromatic heterocycles. The molecule has 0 saturated heterocycles. The Morgan fingerprint density at radius 2 is 1.80 bits per heavy atom. The van der Waals surface area contributed by atoms with E-state index in [-0.39, 0.29) is 34.4 Å². The first-order valence-electron chi connectivity index (χ1n) is 9.17. The maximum absolute atomic E-state index is 8.78. The Bertz CT molecular complexity index is 766. The Kier molecular flexibility index (Phi) is 3.18. The second-order valence-electron chi connectivity index (χ2n) is 8.86. The average molecular weight is 340 g/mol. The van der Waals surface area contributed by atoms with E-state index in [1.54, 1.807) is 0 Å². The molecule has 6 atom stereocenters. The molecule has 0 radical (unpaired) electrons. The molecule has 5 unspecified atom stereocenters. The fourth-order valence-corrected chi connectivity index (χ4v) is 6.15. The second kappa shape index (κ2) is 4.74. The van der Waals surface area contributed by atoms with E-state index in [9.17, 15) is 0 Å². The zero-order chi connectivity index (χ0) is 18.4. The number of hydrogen-bond donors (Lipinski definition) is 6. The van der Waals surface area contributed by atoms with Gasteiger partial charge < -0.3 is 33.1 Å². The SMILES string of the molecule is CC12CC=C3C(C1CCC2=N)[C@H](N)C(=N)C1(N)C(=N)C(=N)CCC31C. The molecule has 0 spiro atoms. The van der Waals surface area contributed by atoms with Gasteiger partial charge in [0.1, 0.15) is 5.54 Å². The van der Waals surface area contributed by atoms with E-state index in [1.807, 2.05) is 0 Å². The number of nitrogens with two attached hydrogens (primary N) is 2. The predicted molar refractivity (Wildman–Crippen MR) is 100 cm³/mol. The molecule has 0 heterocycles. The van der Waals surface area contributed by atoms with Crippen LogP contribution in [0.2, 0.25) is 0 Å². The predicted octanol–water partition coefficient (Wildman–Crippen LogP) is 2.27. The van der Waals surface area contributed by atoms with Crippen LogP contribution in [-0.2, 0) is 0 Å². The molecular weight excluding hydrogens is 312 g/mol. The van der Waals surface area contributed by atoms with Crippen LogP contribution in [0.25, 0.3) is 0 Å². The maximum Gasteiger partial charge on any atom is 0.108 e. The molecule has 0 aromatic rings. The van der Waals surface area contributed by atoms with Crippen molar-refractivity contribution in [1.82, 2.24) is 0 Å². The molecule has 4 rings (SSSR count). The highest BCUT2D eigenvalue weighted by molar-refractivity contribution is 6.49. The molecular formula is C19H28N6. The normalized spacial score (nSPS) is 49.4. The lowest BCUT2D eigenvalue weighted by Crippen LogP contribution is -2.77. The third-order valence-corrected chi connectivity index (χ3v) is 7.98. The van der Waals surface area contributed by atoms with Crippen LogP contribution in [0.15, 0.2) is 11.6 Å². The van der Waals surface area contributed by atoms with Gasteiger partial charge in [-0.2, -0.15) is 0 Å². The van der Waals surface area contributed by atoms with Crippen LogP contribution in [0.1, 0.15) is 46.0 Å². The molecule has 3 fully saturated rings. The van der Waals surface area contributed by atoms with Gasteiger partial charge in [0, 0.05) is 22.5 Å². The molecule has 0 amide bonds. The van der Waals surface area contributed by atoms with Crippen molar-refractivity contribution < 1.29 is 0 Å². The first kappa shape index (κ1) is 16.8. The van der Waals surface area contributed by atoms with Gasteiger partial charge in [0.05, 0.1) is 23.2 Å². The summed E-state index contributed by atoms with van der Waals surface area (Å²) in [5.74, 6) is 0.295. The van der Waals surface area contributed by atoms with E-state index in [1.165, 1.54) is 5.57 Å². The van der Waals surface area contributed by atoms with Gasteiger partial charge >= 0.3 is 0 Å². The standard InChI is InChI=1S/C19H28N6/c1-17-7-5-10-13(9(17)3-4-12(17)21)14(22)16(24)19(25)15(23)11(20)6-8-18(10,19)2/h5,9,13-14,20-21,23-24H,3-4,6-8,22,25H2,1-2H3/t9?,13?,14-,17?,18?,19?/m0/s1. The molecule has 3 saturated carbocycles. The van der Waals surface area contributed by atoms with Crippen molar-refractivity contribution >= 4 is 22.8 Å². The fraction of sp³-hybridized carbons (Fsp3) is 0.684. The molecule has 8 N–H and O–H groups in total. The molecule has 0 aliphatic heterocycles. The summed E-state index contributed by atoms with van der Waals surface area (Å²) in [4.78, 5) is 0. The summed E-state index contributed by atoms with van der Waals surface area (Å²) in [5, 5.41) is 33.8. The molecule has 6 heteroatoms. The zero-order valence-electron chi connectivity index (χ0n) is 15.0. The summed E-state index contributed by atoms with van der Waals surface area (Å²) >= 11 is 0. The molecule has 6 nitrogen and oxygen atoms in total. The summed E-state index contributed by atoms with van der Waals surface area (Å²) in [6.45, 7) is 4.23. The first-order valence-corrected chi connectivity index (χ1v) is 9.17. The summed E-state index contributed by atoms with van der Waals surface area (Å²) in [6, 6.07) is -0.536. The van der Waals surface area contributed by atoms with Gasteiger partial charge in [-0.05, 0) is 38.0 Å². The minimum atomic E-state index is -1.27. The van der Waals surface area contributed by atoms with Crippen molar-refractivity contribution in [3.63, 3.8) is 0 Å². The van der Waals surface area contributed by atoms with Crippen LogP contribution < -0.4 is 11.5 Å². The van der Waals surface area contributed by atoms with E-state index in [0.29, 0.717) is 12.8 Å². The Morgan fingerprint density at radius 1 is 1.12 bits per heavy atom. The Balaban J connectivity index is 1.91. The van der Waals surface area contributed by atoms with E-state index in [0.717, 1.165) is 25.0 Å². The number of nitrogens with one attached hydrogen (secondary N) is 4. The average Bonchev–Trinajstić information content (AvgIpc) is 2.88. The van der Waals surface area contributed by atoms with Crippen LogP contribution in [0.3, 0.4) is 0 Å². The van der Waals surface area contributed by atoms with Gasteiger partial charge in [-0.3, -0.25) is 0 Å². The van der Waals surface area contributed by atoms with Crippen molar-refractivity contribution in [2.45, 2.75) is 57.5 Å². The fourth-order valence-electron chi connectivity index (χ4n) is 6.15. The molecule has 0 aromatic carbocycles.